The fourth-order valence-corrected chi connectivity index (χ4v) is 2.26. The Morgan fingerprint density at radius 2 is 1.91 bits per heavy atom. The van der Waals surface area contributed by atoms with E-state index in [1.165, 1.54) is 0 Å². The number of carbonyl (C=O) groups excluding carboxylic acids is 1. The second kappa shape index (κ2) is 8.41. The van der Waals surface area contributed by atoms with Gasteiger partial charge >= 0.3 is 0 Å². The highest BCUT2D eigenvalue weighted by molar-refractivity contribution is 6.31. The Morgan fingerprint density at radius 3 is 2.61 bits per heavy atom. The molecule has 5 nitrogen and oxygen atoms in total. The molecule has 0 heterocycles. The first-order valence-corrected chi connectivity index (χ1v) is 7.48. The number of methoxy groups -OCH3 is 2. The van der Waals surface area contributed by atoms with Crippen LogP contribution in [0.25, 0.3) is 0 Å². The zero-order valence-corrected chi connectivity index (χ0v) is 13.8. The van der Waals surface area contributed by atoms with Crippen molar-refractivity contribution in [1.82, 2.24) is 5.32 Å². The summed E-state index contributed by atoms with van der Waals surface area (Å²) in [6.07, 6.45) is 0. The monoisotopic (exact) mass is 334 g/mol. The number of hydrogen-bond acceptors (Lipinski definition) is 4. The summed E-state index contributed by atoms with van der Waals surface area (Å²) < 4.78 is 10.4. The van der Waals surface area contributed by atoms with Gasteiger partial charge in [-0.1, -0.05) is 29.8 Å². The van der Waals surface area contributed by atoms with Gasteiger partial charge in [-0.25, -0.2) is 0 Å². The average Bonchev–Trinajstić information content (AvgIpc) is 2.56. The van der Waals surface area contributed by atoms with Crippen LogP contribution < -0.4 is 20.1 Å². The van der Waals surface area contributed by atoms with Gasteiger partial charge in [0.2, 0.25) is 5.91 Å². The second-order valence-electron chi connectivity index (χ2n) is 4.81. The van der Waals surface area contributed by atoms with Crippen molar-refractivity contribution in [3.8, 4) is 11.5 Å². The Bertz CT molecular complexity index is 677. The highest BCUT2D eigenvalue weighted by Gasteiger charge is 2.09. The predicted octanol–water partition coefficient (Wildman–Crippen LogP) is 3.09. The van der Waals surface area contributed by atoms with Crippen molar-refractivity contribution in [3.63, 3.8) is 0 Å². The summed E-state index contributed by atoms with van der Waals surface area (Å²) in [5.74, 6) is 1.04. The normalized spacial score (nSPS) is 10.2. The van der Waals surface area contributed by atoms with Crippen molar-refractivity contribution in [3.05, 3.63) is 53.1 Å². The molecule has 0 saturated heterocycles. The van der Waals surface area contributed by atoms with Gasteiger partial charge in [0, 0.05) is 17.6 Å². The smallest absolute Gasteiger partial charge is 0.238 e. The molecule has 23 heavy (non-hydrogen) atoms. The molecule has 2 aromatic carbocycles. The maximum atomic E-state index is 12.1. The van der Waals surface area contributed by atoms with E-state index >= 15 is 0 Å². The molecule has 6 heteroatoms. The molecule has 0 atom stereocenters. The molecule has 0 spiro atoms. The molecule has 0 aliphatic rings. The lowest BCUT2D eigenvalue weighted by Crippen LogP contribution is -2.28. The fourth-order valence-electron chi connectivity index (χ4n) is 2.06. The van der Waals surface area contributed by atoms with Crippen LogP contribution in [0.2, 0.25) is 5.02 Å². The van der Waals surface area contributed by atoms with Crippen LogP contribution in [0.15, 0.2) is 42.5 Å². The third kappa shape index (κ3) is 4.87. The SMILES string of the molecule is COc1ccc(OC)c(NC(=O)CNCc2ccccc2Cl)c1. The molecular formula is C17H19ClN2O3. The lowest BCUT2D eigenvalue weighted by atomic mass is 10.2. The second-order valence-corrected chi connectivity index (χ2v) is 5.22. The molecule has 0 bridgehead atoms. The molecule has 0 aliphatic carbocycles. The molecule has 0 aromatic heterocycles. The number of nitrogens with one attached hydrogen (secondary N) is 2. The number of benzene rings is 2. The number of hydrogen-bond donors (Lipinski definition) is 2. The van der Waals surface area contributed by atoms with E-state index in [-0.39, 0.29) is 12.5 Å². The van der Waals surface area contributed by atoms with Crippen LogP contribution in [0.3, 0.4) is 0 Å². The Hall–Kier alpha value is -2.24. The molecule has 0 radical (unpaired) electrons. The van der Waals surface area contributed by atoms with Gasteiger partial charge in [0.1, 0.15) is 11.5 Å². The molecule has 0 aliphatic heterocycles. The highest BCUT2D eigenvalue weighted by atomic mass is 35.5. The minimum atomic E-state index is -0.177. The van der Waals surface area contributed by atoms with Crippen molar-refractivity contribution >= 4 is 23.2 Å². The molecule has 2 aromatic rings. The van der Waals surface area contributed by atoms with Crippen molar-refractivity contribution < 1.29 is 14.3 Å². The van der Waals surface area contributed by atoms with Gasteiger partial charge in [-0.05, 0) is 23.8 Å². The van der Waals surface area contributed by atoms with E-state index in [0.717, 1.165) is 5.56 Å². The van der Waals surface area contributed by atoms with Crippen LogP contribution in [0.1, 0.15) is 5.56 Å². The minimum absolute atomic E-state index is 0.158. The summed E-state index contributed by atoms with van der Waals surface area (Å²) in [5, 5.41) is 6.53. The molecule has 122 valence electrons. The average molecular weight is 335 g/mol. The molecule has 1 amide bonds. The summed E-state index contributed by atoms with van der Waals surface area (Å²) in [6, 6.07) is 12.7. The van der Waals surface area contributed by atoms with Crippen LogP contribution in [-0.2, 0) is 11.3 Å². The van der Waals surface area contributed by atoms with Crippen LogP contribution in [0.4, 0.5) is 5.69 Å². The molecule has 2 N–H and O–H groups in total. The van der Waals surface area contributed by atoms with Crippen LogP contribution >= 0.6 is 11.6 Å². The quantitative estimate of drug-likeness (QED) is 0.817. The zero-order valence-electron chi connectivity index (χ0n) is 13.1. The predicted molar refractivity (Wildman–Crippen MR) is 91.3 cm³/mol. The number of anilines is 1. The third-order valence-electron chi connectivity index (χ3n) is 3.24. The Kier molecular flexibility index (Phi) is 6.26. The summed E-state index contributed by atoms with van der Waals surface area (Å²) in [4.78, 5) is 12.1. The van der Waals surface area contributed by atoms with E-state index in [4.69, 9.17) is 21.1 Å². The Morgan fingerprint density at radius 1 is 1.13 bits per heavy atom. The van der Waals surface area contributed by atoms with Crippen LogP contribution in [0, 0.1) is 0 Å². The highest BCUT2D eigenvalue weighted by Crippen LogP contribution is 2.28. The lowest BCUT2D eigenvalue weighted by molar-refractivity contribution is -0.115. The molecular weight excluding hydrogens is 316 g/mol. The van der Waals surface area contributed by atoms with Gasteiger partial charge in [-0.3, -0.25) is 4.79 Å². The van der Waals surface area contributed by atoms with Gasteiger partial charge < -0.3 is 20.1 Å². The van der Waals surface area contributed by atoms with E-state index in [9.17, 15) is 4.79 Å². The van der Waals surface area contributed by atoms with Crippen LogP contribution in [-0.4, -0.2) is 26.7 Å². The van der Waals surface area contributed by atoms with E-state index in [0.29, 0.717) is 28.8 Å². The topological polar surface area (TPSA) is 59.6 Å². The molecule has 2 rings (SSSR count). The summed E-state index contributed by atoms with van der Waals surface area (Å²) in [5.41, 5.74) is 1.51. The van der Waals surface area contributed by atoms with Gasteiger partial charge in [0.05, 0.1) is 26.5 Å². The first-order valence-electron chi connectivity index (χ1n) is 7.10. The number of halogens is 1. The van der Waals surface area contributed by atoms with Crippen molar-refractivity contribution in [2.45, 2.75) is 6.54 Å². The Balaban J connectivity index is 1.91. The van der Waals surface area contributed by atoms with Gasteiger partial charge in [-0.2, -0.15) is 0 Å². The van der Waals surface area contributed by atoms with Crippen molar-refractivity contribution in [1.29, 1.82) is 0 Å². The van der Waals surface area contributed by atoms with Gasteiger partial charge in [-0.15, -0.1) is 0 Å². The van der Waals surface area contributed by atoms with E-state index in [2.05, 4.69) is 10.6 Å². The third-order valence-corrected chi connectivity index (χ3v) is 3.61. The number of rotatable bonds is 7. The first kappa shape index (κ1) is 17.1. The van der Waals surface area contributed by atoms with E-state index in [1.54, 1.807) is 32.4 Å². The lowest BCUT2D eigenvalue weighted by Gasteiger charge is -2.12. The molecule has 0 saturated carbocycles. The maximum absolute atomic E-state index is 12.1. The Labute approximate surface area is 140 Å². The molecule has 0 fully saturated rings. The van der Waals surface area contributed by atoms with Crippen molar-refractivity contribution in [2.75, 3.05) is 26.1 Å². The van der Waals surface area contributed by atoms with Crippen molar-refractivity contribution in [2.24, 2.45) is 0 Å². The molecule has 0 unspecified atom stereocenters. The van der Waals surface area contributed by atoms with Gasteiger partial charge in [0.15, 0.2) is 0 Å². The number of amides is 1. The number of carbonyl (C=O) groups is 1. The summed E-state index contributed by atoms with van der Waals surface area (Å²) in [6.45, 7) is 0.675. The standard InChI is InChI=1S/C17H19ClN2O3/c1-22-13-7-8-16(23-2)15(9-13)20-17(21)11-19-10-12-5-3-4-6-14(12)18/h3-9,19H,10-11H2,1-2H3,(H,20,21). The fraction of sp³-hybridized carbons (Fsp3) is 0.235. The minimum Gasteiger partial charge on any atom is -0.497 e. The van der Waals surface area contributed by atoms with Crippen LogP contribution in [0.5, 0.6) is 11.5 Å². The summed E-state index contributed by atoms with van der Waals surface area (Å²) >= 11 is 6.07. The largest absolute Gasteiger partial charge is 0.497 e. The first-order chi connectivity index (χ1) is 11.1. The van der Waals surface area contributed by atoms with E-state index < -0.39 is 0 Å². The number of ether oxygens (including phenoxy) is 2. The zero-order chi connectivity index (χ0) is 16.7. The maximum Gasteiger partial charge on any atom is 0.238 e. The van der Waals surface area contributed by atoms with E-state index in [1.807, 2.05) is 24.3 Å². The van der Waals surface area contributed by atoms with Gasteiger partial charge in [0.25, 0.3) is 0 Å². The summed E-state index contributed by atoms with van der Waals surface area (Å²) in [7, 11) is 3.12.